The van der Waals surface area contributed by atoms with E-state index in [9.17, 15) is 9.59 Å². The second-order valence-electron chi connectivity index (χ2n) is 5.44. The first-order valence-electron chi connectivity index (χ1n) is 5.86. The predicted octanol–water partition coefficient (Wildman–Crippen LogP) is 3.23. The van der Waals surface area contributed by atoms with E-state index in [1.807, 2.05) is 20.8 Å². The molecule has 1 unspecified atom stereocenters. The lowest BCUT2D eigenvalue weighted by Crippen LogP contribution is -2.43. The number of aldehydes is 1. The van der Waals surface area contributed by atoms with Gasteiger partial charge in [-0.15, -0.1) is 0 Å². The fraction of sp³-hybridized carbons (Fsp3) is 0.833. The van der Waals surface area contributed by atoms with Crippen LogP contribution in [0.1, 0.15) is 47.9 Å². The van der Waals surface area contributed by atoms with Crippen molar-refractivity contribution in [1.82, 2.24) is 5.32 Å². The number of hydrogen-bond donors (Lipinski definition) is 1. The molecule has 16 heavy (non-hydrogen) atoms. The Morgan fingerprint density at radius 1 is 1.44 bits per heavy atom. The van der Waals surface area contributed by atoms with Gasteiger partial charge in [0.2, 0.25) is 0 Å². The second kappa shape index (κ2) is 5.71. The van der Waals surface area contributed by atoms with Crippen molar-refractivity contribution in [2.45, 2.75) is 57.7 Å². The monoisotopic (exact) mass is 245 g/mol. The summed E-state index contributed by atoms with van der Waals surface area (Å²) in [6, 6.07) is -0.395. The van der Waals surface area contributed by atoms with E-state index in [0.29, 0.717) is 5.25 Å². The van der Waals surface area contributed by atoms with E-state index in [1.54, 1.807) is 0 Å². The summed E-state index contributed by atoms with van der Waals surface area (Å²) in [5, 5.41) is 3.18. The SMILES string of the molecule is CC(C)(C)C(C=O)NC(=O)SC1CCCC1.[HH]. The van der Waals surface area contributed by atoms with E-state index >= 15 is 0 Å². The van der Waals surface area contributed by atoms with Crippen LogP contribution in [0.5, 0.6) is 0 Å². The van der Waals surface area contributed by atoms with Crippen LogP contribution < -0.4 is 5.32 Å². The molecule has 1 saturated carbocycles. The van der Waals surface area contributed by atoms with Crippen molar-refractivity contribution >= 4 is 23.3 Å². The van der Waals surface area contributed by atoms with Crippen LogP contribution in [0.4, 0.5) is 4.79 Å². The van der Waals surface area contributed by atoms with Gasteiger partial charge in [0.05, 0.1) is 6.04 Å². The van der Waals surface area contributed by atoms with Crippen molar-refractivity contribution < 1.29 is 11.0 Å². The highest BCUT2D eigenvalue weighted by Crippen LogP contribution is 2.30. The number of carbonyl (C=O) groups is 2. The van der Waals surface area contributed by atoms with Crippen molar-refractivity contribution in [1.29, 1.82) is 0 Å². The van der Waals surface area contributed by atoms with Gasteiger partial charge in [-0.2, -0.15) is 0 Å². The first kappa shape index (κ1) is 13.6. The Morgan fingerprint density at radius 3 is 2.44 bits per heavy atom. The molecule has 1 N–H and O–H groups in total. The number of hydrogen-bond acceptors (Lipinski definition) is 3. The molecule has 0 aromatic rings. The van der Waals surface area contributed by atoms with Crippen LogP contribution in [0.25, 0.3) is 0 Å². The maximum absolute atomic E-state index is 11.7. The van der Waals surface area contributed by atoms with Gasteiger partial charge in [0.15, 0.2) is 0 Å². The minimum absolute atomic E-state index is 0. The first-order valence-corrected chi connectivity index (χ1v) is 6.74. The summed E-state index contributed by atoms with van der Waals surface area (Å²) in [4.78, 5) is 22.6. The summed E-state index contributed by atoms with van der Waals surface area (Å²) in [5.74, 6) is 0. The van der Waals surface area contributed by atoms with Crippen LogP contribution in [-0.4, -0.2) is 22.8 Å². The van der Waals surface area contributed by atoms with Gasteiger partial charge in [-0.05, 0) is 18.3 Å². The Morgan fingerprint density at radius 2 is 2.00 bits per heavy atom. The van der Waals surface area contributed by atoms with Crippen molar-refractivity contribution in [2.75, 3.05) is 0 Å². The average Bonchev–Trinajstić information content (AvgIpc) is 2.64. The van der Waals surface area contributed by atoms with Crippen molar-refractivity contribution in [3.05, 3.63) is 0 Å². The lowest BCUT2D eigenvalue weighted by molar-refractivity contribution is -0.111. The number of thioether (sulfide) groups is 1. The molecule has 1 aliphatic rings. The Labute approximate surface area is 103 Å². The molecule has 1 rings (SSSR count). The van der Waals surface area contributed by atoms with Gasteiger partial charge >= 0.3 is 0 Å². The zero-order valence-corrected chi connectivity index (χ0v) is 11.1. The molecular formula is C12H23NO2S. The standard InChI is InChI=1S/C12H21NO2S.H2/c1-12(2,3)10(8-14)13-11(15)16-9-6-4-5-7-9;/h8-10H,4-7H2,1-3H3,(H,13,15);1H. The number of nitrogens with one attached hydrogen (secondary N) is 1. The zero-order chi connectivity index (χ0) is 12.2. The molecule has 0 heterocycles. The fourth-order valence-corrected chi connectivity index (χ4v) is 2.84. The van der Waals surface area contributed by atoms with E-state index in [-0.39, 0.29) is 12.1 Å². The lowest BCUT2D eigenvalue weighted by atomic mass is 9.88. The number of amides is 1. The normalized spacial score (nSPS) is 19.4. The van der Waals surface area contributed by atoms with Crippen LogP contribution >= 0.6 is 11.8 Å². The number of carbonyl (C=O) groups excluding carboxylic acids is 2. The van der Waals surface area contributed by atoms with E-state index in [0.717, 1.165) is 19.1 Å². The van der Waals surface area contributed by atoms with Crippen LogP contribution in [0.3, 0.4) is 0 Å². The van der Waals surface area contributed by atoms with Crippen molar-refractivity contribution in [3.8, 4) is 0 Å². The highest BCUT2D eigenvalue weighted by Gasteiger charge is 2.27. The summed E-state index contributed by atoms with van der Waals surface area (Å²) < 4.78 is 0. The molecular weight excluding hydrogens is 222 g/mol. The Bertz CT molecular complexity index is 260. The molecule has 4 heteroatoms. The Hall–Kier alpha value is -0.510. The summed E-state index contributed by atoms with van der Waals surface area (Å²) in [6.07, 6.45) is 5.52. The third-order valence-corrected chi connectivity index (χ3v) is 4.06. The molecule has 3 nitrogen and oxygen atoms in total. The summed E-state index contributed by atoms with van der Waals surface area (Å²) in [6.45, 7) is 5.85. The minimum atomic E-state index is -0.395. The quantitative estimate of drug-likeness (QED) is 0.776. The summed E-state index contributed by atoms with van der Waals surface area (Å²) in [7, 11) is 0. The number of rotatable bonds is 3. The van der Waals surface area contributed by atoms with E-state index in [1.165, 1.54) is 24.6 Å². The average molecular weight is 245 g/mol. The molecule has 1 amide bonds. The van der Waals surface area contributed by atoms with Gasteiger partial charge < -0.3 is 10.1 Å². The molecule has 0 aromatic carbocycles. The summed E-state index contributed by atoms with van der Waals surface area (Å²) >= 11 is 1.36. The third kappa shape index (κ3) is 4.16. The third-order valence-electron chi connectivity index (χ3n) is 2.92. The topological polar surface area (TPSA) is 46.2 Å². The van der Waals surface area contributed by atoms with Gasteiger partial charge in [-0.3, -0.25) is 4.79 Å². The second-order valence-corrected chi connectivity index (χ2v) is 6.71. The van der Waals surface area contributed by atoms with Gasteiger partial charge in [0, 0.05) is 6.68 Å². The smallest absolute Gasteiger partial charge is 0.279 e. The van der Waals surface area contributed by atoms with Gasteiger partial charge in [-0.1, -0.05) is 45.4 Å². The molecule has 0 aromatic heterocycles. The summed E-state index contributed by atoms with van der Waals surface area (Å²) in [5.41, 5.74) is -0.215. The van der Waals surface area contributed by atoms with Gasteiger partial charge in [-0.25, -0.2) is 0 Å². The van der Waals surface area contributed by atoms with Gasteiger partial charge in [0.25, 0.3) is 5.24 Å². The highest BCUT2D eigenvalue weighted by molar-refractivity contribution is 8.14. The fourth-order valence-electron chi connectivity index (χ4n) is 1.77. The van der Waals surface area contributed by atoms with Crippen molar-refractivity contribution in [3.63, 3.8) is 0 Å². The largest absolute Gasteiger partial charge is 0.337 e. The highest BCUT2D eigenvalue weighted by atomic mass is 32.2. The molecule has 0 aliphatic heterocycles. The predicted molar refractivity (Wildman–Crippen MR) is 69.8 cm³/mol. The molecule has 0 radical (unpaired) electrons. The van der Waals surface area contributed by atoms with Gasteiger partial charge in [0.1, 0.15) is 6.29 Å². The molecule has 1 aliphatic carbocycles. The molecule has 0 spiro atoms. The van der Waals surface area contributed by atoms with Crippen LogP contribution in [0, 0.1) is 5.41 Å². The molecule has 1 atom stereocenters. The Balaban J connectivity index is 0.00000256. The molecule has 1 fully saturated rings. The molecule has 0 saturated heterocycles. The maximum Gasteiger partial charge on any atom is 0.279 e. The van der Waals surface area contributed by atoms with Crippen LogP contribution in [-0.2, 0) is 4.79 Å². The zero-order valence-electron chi connectivity index (χ0n) is 10.3. The minimum Gasteiger partial charge on any atom is -0.337 e. The lowest BCUT2D eigenvalue weighted by Gasteiger charge is -2.26. The van der Waals surface area contributed by atoms with Crippen LogP contribution in [0.15, 0.2) is 0 Å². The van der Waals surface area contributed by atoms with E-state index in [2.05, 4.69) is 5.32 Å². The molecule has 94 valence electrons. The Kier molecular flexibility index (Phi) is 4.84. The maximum atomic E-state index is 11.7. The van der Waals surface area contributed by atoms with E-state index < -0.39 is 6.04 Å². The molecule has 0 bridgehead atoms. The first-order chi connectivity index (χ1) is 7.43. The van der Waals surface area contributed by atoms with E-state index in [4.69, 9.17) is 0 Å². The van der Waals surface area contributed by atoms with Crippen LogP contribution in [0.2, 0.25) is 0 Å². The van der Waals surface area contributed by atoms with Crippen molar-refractivity contribution in [2.24, 2.45) is 5.41 Å².